The molecular weight excluding hydrogens is 2250 g/mol. The summed E-state index contributed by atoms with van der Waals surface area (Å²) >= 11 is 0. The maximum atomic E-state index is 4.65. The number of aryl methyl sites for hydroxylation is 5. The fraction of sp³-hybridized carbons (Fsp3) is 0.147. The molecule has 711 valence electrons. The van der Waals surface area contributed by atoms with Crippen molar-refractivity contribution in [3.05, 3.63) is 484 Å². The molecule has 141 heavy (non-hydrogen) atoms. The van der Waals surface area contributed by atoms with Gasteiger partial charge < -0.3 is 33.6 Å². The summed E-state index contributed by atoms with van der Waals surface area (Å²) in [5, 5.41) is 7.73. The van der Waals surface area contributed by atoms with Gasteiger partial charge in [-0.15, -0.1) is 155 Å². The van der Waals surface area contributed by atoms with Gasteiger partial charge in [0.15, 0.2) is 0 Å². The molecule has 0 fully saturated rings. The Morgan fingerprint density at radius 3 is 1.11 bits per heavy atom. The van der Waals surface area contributed by atoms with Gasteiger partial charge in [-0.05, 0) is 182 Å². The number of hydrogen-bond acceptors (Lipinski definition) is 6. The molecule has 0 unspecified atom stereocenters. The molecule has 0 spiro atoms. The molecule has 9 aromatic heterocycles. The molecule has 13 aromatic carbocycles. The zero-order chi connectivity index (χ0) is 95.8. The van der Waals surface area contributed by atoms with E-state index in [1.807, 2.05) is 177 Å². The van der Waals surface area contributed by atoms with E-state index in [4.69, 9.17) is 0 Å². The molecule has 0 bridgehead atoms. The molecule has 3 radical (unpaired) electrons. The van der Waals surface area contributed by atoms with Crippen molar-refractivity contribution in [2.45, 2.75) is 109 Å². The Kier molecular flexibility index (Phi) is 37.4. The first kappa shape index (κ1) is 104. The molecule has 0 saturated carbocycles. The minimum atomic E-state index is 0. The van der Waals surface area contributed by atoms with E-state index in [-0.39, 0.29) is 60.3 Å². The van der Waals surface area contributed by atoms with Crippen LogP contribution in [0, 0.1) is 88.8 Å². The second kappa shape index (κ2) is 50.6. The van der Waals surface area contributed by atoms with Gasteiger partial charge in [0.2, 0.25) is 0 Å². The number of hydrogen-bond donors (Lipinski definition) is 0. The molecule has 0 saturated heterocycles. The third-order valence-electron chi connectivity index (χ3n) is 24.2. The van der Waals surface area contributed by atoms with Crippen LogP contribution in [0.3, 0.4) is 0 Å². The van der Waals surface area contributed by atoms with E-state index in [0.29, 0.717) is 17.8 Å². The average molecular weight is 2370 g/mol. The van der Waals surface area contributed by atoms with Crippen molar-refractivity contribution >= 4 is 65.4 Å². The van der Waals surface area contributed by atoms with Crippen molar-refractivity contribution in [3.8, 4) is 101 Å². The van der Waals surface area contributed by atoms with E-state index in [9.17, 15) is 0 Å². The van der Waals surface area contributed by atoms with E-state index >= 15 is 0 Å². The van der Waals surface area contributed by atoms with Crippen LogP contribution in [-0.4, -0.2) is 43.6 Å². The summed E-state index contributed by atoms with van der Waals surface area (Å²) in [6.45, 7) is 35.3. The Hall–Kier alpha value is -14.2. The number of aromatic nitrogens is 9. The van der Waals surface area contributed by atoms with E-state index in [1.165, 1.54) is 115 Å². The monoisotopic (exact) mass is 2370 g/mol. The van der Waals surface area contributed by atoms with Crippen LogP contribution >= 0.6 is 0 Å². The molecule has 9 heterocycles. The molecule has 0 aliphatic heterocycles. The van der Waals surface area contributed by atoms with E-state index < -0.39 is 0 Å². The van der Waals surface area contributed by atoms with E-state index in [1.54, 1.807) is 6.20 Å². The summed E-state index contributed by atoms with van der Waals surface area (Å²) in [5.41, 5.74) is 35.2. The van der Waals surface area contributed by atoms with Crippen LogP contribution in [0.15, 0.2) is 395 Å². The molecule has 22 aromatic rings. The third-order valence-corrected chi connectivity index (χ3v) is 24.2. The number of nitrogens with zero attached hydrogens (tertiary/aromatic N) is 9. The summed E-state index contributed by atoms with van der Waals surface area (Å²) in [7, 11) is 0. The molecule has 12 heteroatoms. The van der Waals surface area contributed by atoms with Gasteiger partial charge in [0.25, 0.3) is 0 Å². The summed E-state index contributed by atoms with van der Waals surface area (Å²) in [6.07, 6.45) is 13.5. The van der Waals surface area contributed by atoms with Gasteiger partial charge in [-0.3, -0.25) is 9.97 Å². The van der Waals surface area contributed by atoms with Crippen molar-refractivity contribution < 1.29 is 60.3 Å². The van der Waals surface area contributed by atoms with Crippen molar-refractivity contribution in [2.24, 2.45) is 17.8 Å². The second-order valence-corrected chi connectivity index (χ2v) is 35.9. The molecule has 0 amide bonds. The molecular formula is C129H115Ir3N9-8. The zero-order valence-corrected chi connectivity index (χ0v) is 88.9. The topological polar surface area (TPSA) is 92.1 Å². The number of pyridine rings is 6. The van der Waals surface area contributed by atoms with Crippen LogP contribution in [0.2, 0.25) is 0 Å². The quantitative estimate of drug-likeness (QED) is 0.0844. The number of rotatable bonds is 17. The number of fused-ring (bicyclic) bond motifs is 9. The van der Waals surface area contributed by atoms with Gasteiger partial charge in [0.05, 0.1) is 0 Å². The number of benzene rings is 13. The van der Waals surface area contributed by atoms with Crippen LogP contribution < -0.4 is 0 Å². The molecule has 0 aliphatic rings. The van der Waals surface area contributed by atoms with Crippen molar-refractivity contribution in [1.82, 2.24) is 43.6 Å². The molecule has 22 rings (SSSR count). The maximum absolute atomic E-state index is 4.65. The Morgan fingerprint density at radius 2 is 0.660 bits per heavy atom. The summed E-state index contributed by atoms with van der Waals surface area (Å²) in [5.74, 6) is 1.76. The van der Waals surface area contributed by atoms with Crippen LogP contribution in [-0.2, 0) is 92.8 Å². The van der Waals surface area contributed by atoms with Gasteiger partial charge in [-0.2, -0.15) is 85.6 Å². The van der Waals surface area contributed by atoms with Crippen molar-refractivity contribution in [3.63, 3.8) is 0 Å². The first-order valence-electron chi connectivity index (χ1n) is 47.7. The summed E-state index contributed by atoms with van der Waals surface area (Å²) in [6, 6.07) is 142. The predicted molar refractivity (Wildman–Crippen MR) is 579 cm³/mol. The number of para-hydroxylation sites is 3. The van der Waals surface area contributed by atoms with Crippen LogP contribution in [0.25, 0.3) is 166 Å². The van der Waals surface area contributed by atoms with Gasteiger partial charge in [0.1, 0.15) is 0 Å². The normalized spacial score (nSPS) is 10.7. The molecule has 0 N–H and O–H groups in total. The fourth-order valence-electron chi connectivity index (χ4n) is 17.4. The first-order valence-corrected chi connectivity index (χ1v) is 47.7. The fourth-order valence-corrected chi connectivity index (χ4v) is 17.4. The Labute approximate surface area is 873 Å². The minimum absolute atomic E-state index is 0. The minimum Gasteiger partial charge on any atom is -0.380 e. The zero-order valence-electron chi connectivity index (χ0n) is 81.7. The first-order chi connectivity index (χ1) is 67.4. The SMILES string of the molecule is Cc1ccc(-c2[c-]cc3c(c2)c2ccccc2n3CC(C)C)nc1.Cc1ccc(-c2[c-]cc3c4ccccc4n(CC(C)C)c3c2)nc1.Cc1ccc(-c2[c-]ccc3c4ccccc4n(CC(C)C)c23)nc1.[CH2-]c1ccccc1-c1cc(CC)c(-c2ccccc2)cn1.[CH2-]c1ccccc1-c1cc(CC)c(-c2ccccc2)cn1.[Ir].[Ir].[Ir].[c-]1ccccc1-c1[c-]cccc1.[c-]1ccccc1-c1ccccn1. The molecule has 9 nitrogen and oxygen atoms in total. The van der Waals surface area contributed by atoms with E-state index in [2.05, 4.69) is 382 Å². The Bertz CT molecular complexity index is 7440. The molecule has 0 aliphatic carbocycles. The predicted octanol–water partition coefficient (Wildman–Crippen LogP) is 32.7. The summed E-state index contributed by atoms with van der Waals surface area (Å²) in [4.78, 5) is 27.3. The maximum Gasteiger partial charge on any atom is 0.0391 e. The van der Waals surface area contributed by atoms with E-state index in [0.717, 1.165) is 122 Å². The Morgan fingerprint density at radius 1 is 0.270 bits per heavy atom. The average Bonchev–Trinajstić information content (AvgIpc) is 1.58. The molecule has 0 atom stereocenters. The second-order valence-electron chi connectivity index (χ2n) is 35.9. The van der Waals surface area contributed by atoms with Crippen LogP contribution in [0.5, 0.6) is 0 Å². The van der Waals surface area contributed by atoms with Crippen LogP contribution in [0.4, 0.5) is 0 Å². The smallest absolute Gasteiger partial charge is 0.0391 e. The standard InChI is InChI=1S/3C22H21N2.2C20H18N.C12H8.C11H8N.3Ir/c1-15(2)14-24-21-10-5-4-7-17(21)18-8-6-9-19(22(18)24)20-12-11-16(3)13-23-20;1-15(2)14-24-21-7-5-4-6-18(21)19-10-9-17(12-22(19)24)20-11-8-16(3)13-23-20;1-15(2)14-24-21-7-5-4-6-18(21)19-12-17(9-11-22(19)24)20-10-8-16(3)13-23-20;2*1-3-16-13-20(18-12-8-7-9-15(18)2)21-14-19(16)17-10-5-4-6-11-17;1-3-7-11(8-4-1)12-9-5-2-6-10-12;1-2-6-10(7-3-1)11-8-4-5-9-12-11;;;/h3*4-8,10-13,15H,14H2,1-3H3;2*4-14H,2-3H2,1H3;1-7,9H;1-6,8-9H;;;/q5*-1;-2;-1;;;. The van der Waals surface area contributed by atoms with Gasteiger partial charge in [-0.1, -0.05) is 247 Å². The van der Waals surface area contributed by atoms with Gasteiger partial charge in [-0.25, -0.2) is 11.1 Å². The third kappa shape index (κ3) is 25.9. The van der Waals surface area contributed by atoms with Crippen LogP contribution in [0.1, 0.15) is 94.3 Å². The largest absolute Gasteiger partial charge is 0.380 e. The van der Waals surface area contributed by atoms with Crippen molar-refractivity contribution in [2.75, 3.05) is 0 Å². The van der Waals surface area contributed by atoms with Gasteiger partial charge in [0, 0.05) is 156 Å². The van der Waals surface area contributed by atoms with Gasteiger partial charge >= 0.3 is 0 Å². The Balaban J connectivity index is 0.000000140. The summed E-state index contributed by atoms with van der Waals surface area (Å²) < 4.78 is 7.28. The van der Waals surface area contributed by atoms with Crippen molar-refractivity contribution in [1.29, 1.82) is 0 Å².